The third kappa shape index (κ3) is 4.64. The summed E-state index contributed by atoms with van der Waals surface area (Å²) in [7, 11) is 2.02. The van der Waals surface area contributed by atoms with E-state index in [0.29, 0.717) is 18.5 Å². The number of benzene rings is 1. The van der Waals surface area contributed by atoms with Gasteiger partial charge in [-0.25, -0.2) is 0 Å². The van der Waals surface area contributed by atoms with Crippen molar-refractivity contribution in [3.8, 4) is 0 Å². The molecule has 1 fully saturated rings. The first kappa shape index (κ1) is 15.0. The smallest absolute Gasteiger partial charge is 0.237 e. The molecule has 0 N–H and O–H groups in total. The highest BCUT2D eigenvalue weighted by Crippen LogP contribution is 2.27. The van der Waals surface area contributed by atoms with Gasteiger partial charge in [0.1, 0.15) is 0 Å². The van der Waals surface area contributed by atoms with Gasteiger partial charge in [0.25, 0.3) is 0 Å². The lowest BCUT2D eigenvalue weighted by Gasteiger charge is -2.27. The molecule has 3 nitrogen and oxygen atoms in total. The standard InChI is InChI=1S/C17H26N2O/c1-14(2)11-19(16-9-10-16)17(20)13-18(3)12-15-7-5-4-6-8-15/h4-8,14,16H,9-13H2,1-3H3. The highest BCUT2D eigenvalue weighted by Gasteiger charge is 2.32. The van der Waals surface area contributed by atoms with E-state index in [0.717, 1.165) is 13.1 Å². The van der Waals surface area contributed by atoms with Gasteiger partial charge >= 0.3 is 0 Å². The molecule has 2 rings (SSSR count). The summed E-state index contributed by atoms with van der Waals surface area (Å²) in [5.74, 6) is 0.818. The number of nitrogens with zero attached hydrogens (tertiary/aromatic N) is 2. The molecule has 1 aromatic rings. The molecule has 1 amide bonds. The lowest BCUT2D eigenvalue weighted by Crippen LogP contribution is -2.42. The minimum absolute atomic E-state index is 0.277. The first-order chi connectivity index (χ1) is 9.56. The molecule has 0 aliphatic heterocycles. The van der Waals surface area contributed by atoms with Crippen molar-refractivity contribution in [1.29, 1.82) is 0 Å². The maximum Gasteiger partial charge on any atom is 0.237 e. The Morgan fingerprint density at radius 2 is 1.90 bits per heavy atom. The molecule has 0 spiro atoms. The maximum absolute atomic E-state index is 12.4. The molecule has 1 saturated carbocycles. The molecule has 0 heterocycles. The second kappa shape index (κ2) is 6.89. The minimum Gasteiger partial charge on any atom is -0.338 e. The zero-order chi connectivity index (χ0) is 14.5. The normalized spacial score (nSPS) is 14.8. The van der Waals surface area contributed by atoms with Crippen molar-refractivity contribution >= 4 is 5.91 Å². The summed E-state index contributed by atoms with van der Waals surface area (Å²) in [5.41, 5.74) is 1.25. The molecule has 1 aliphatic carbocycles. The summed E-state index contributed by atoms with van der Waals surface area (Å²) >= 11 is 0. The Balaban J connectivity index is 1.85. The van der Waals surface area contributed by atoms with Gasteiger partial charge in [0, 0.05) is 19.1 Å². The monoisotopic (exact) mass is 274 g/mol. The van der Waals surface area contributed by atoms with Gasteiger partial charge in [-0.05, 0) is 31.4 Å². The van der Waals surface area contributed by atoms with Crippen LogP contribution in [0.2, 0.25) is 0 Å². The molecule has 0 saturated heterocycles. The summed E-state index contributed by atoms with van der Waals surface area (Å²) in [4.78, 5) is 16.6. The van der Waals surface area contributed by atoms with Crippen LogP contribution in [0.4, 0.5) is 0 Å². The Hall–Kier alpha value is -1.35. The summed E-state index contributed by atoms with van der Waals surface area (Å²) in [6.07, 6.45) is 2.36. The molecule has 0 aromatic heterocycles. The molecule has 1 aliphatic rings. The fourth-order valence-electron chi connectivity index (χ4n) is 2.51. The van der Waals surface area contributed by atoms with E-state index in [9.17, 15) is 4.79 Å². The molecule has 0 unspecified atom stereocenters. The van der Waals surface area contributed by atoms with Crippen molar-refractivity contribution in [2.24, 2.45) is 5.92 Å². The predicted molar refractivity (Wildman–Crippen MR) is 82.3 cm³/mol. The molecule has 110 valence electrons. The SMILES string of the molecule is CC(C)CN(C(=O)CN(C)Cc1ccccc1)C1CC1. The fourth-order valence-corrected chi connectivity index (χ4v) is 2.51. The Morgan fingerprint density at radius 1 is 1.25 bits per heavy atom. The summed E-state index contributed by atoms with van der Waals surface area (Å²) in [5, 5.41) is 0. The van der Waals surface area contributed by atoms with Gasteiger partial charge in [0.2, 0.25) is 5.91 Å². The molecule has 0 radical (unpaired) electrons. The molecule has 3 heteroatoms. The van der Waals surface area contributed by atoms with Crippen LogP contribution in [-0.4, -0.2) is 41.9 Å². The molecule has 0 bridgehead atoms. The lowest BCUT2D eigenvalue weighted by molar-refractivity contribution is -0.133. The van der Waals surface area contributed by atoms with Crippen molar-refractivity contribution in [3.05, 3.63) is 35.9 Å². The minimum atomic E-state index is 0.277. The Bertz CT molecular complexity index is 426. The molecular weight excluding hydrogens is 248 g/mol. The van der Waals surface area contributed by atoms with Crippen LogP contribution in [0.25, 0.3) is 0 Å². The second-order valence-electron chi connectivity index (χ2n) is 6.33. The number of hydrogen-bond donors (Lipinski definition) is 0. The van der Waals surface area contributed by atoms with Crippen LogP contribution in [0.1, 0.15) is 32.3 Å². The largest absolute Gasteiger partial charge is 0.338 e. The van der Waals surface area contributed by atoms with E-state index in [1.807, 2.05) is 25.2 Å². The van der Waals surface area contributed by atoms with Gasteiger partial charge in [-0.1, -0.05) is 44.2 Å². The number of likely N-dealkylation sites (N-methyl/N-ethyl adjacent to an activating group) is 1. The molecular formula is C17H26N2O. The van der Waals surface area contributed by atoms with E-state index >= 15 is 0 Å². The fraction of sp³-hybridized carbons (Fsp3) is 0.588. The highest BCUT2D eigenvalue weighted by molar-refractivity contribution is 5.79. The van der Waals surface area contributed by atoms with Crippen LogP contribution >= 0.6 is 0 Å². The molecule has 1 aromatic carbocycles. The highest BCUT2D eigenvalue weighted by atomic mass is 16.2. The average Bonchev–Trinajstić information content (AvgIpc) is 3.20. The van der Waals surface area contributed by atoms with Crippen molar-refractivity contribution in [1.82, 2.24) is 9.80 Å². The first-order valence-electron chi connectivity index (χ1n) is 7.58. The van der Waals surface area contributed by atoms with Gasteiger partial charge in [-0.15, -0.1) is 0 Å². The van der Waals surface area contributed by atoms with Crippen LogP contribution < -0.4 is 0 Å². The van der Waals surface area contributed by atoms with Crippen LogP contribution in [0.3, 0.4) is 0 Å². The predicted octanol–water partition coefficient (Wildman–Crippen LogP) is 2.77. The van der Waals surface area contributed by atoms with Crippen LogP contribution in [0, 0.1) is 5.92 Å². The summed E-state index contributed by atoms with van der Waals surface area (Å²) in [6.45, 7) is 6.58. The molecule has 0 atom stereocenters. The van der Waals surface area contributed by atoms with Crippen molar-refractivity contribution in [2.45, 2.75) is 39.3 Å². The third-order valence-corrected chi connectivity index (χ3v) is 3.57. The van der Waals surface area contributed by atoms with Gasteiger partial charge in [0.05, 0.1) is 6.54 Å². The zero-order valence-corrected chi connectivity index (χ0v) is 12.9. The van der Waals surface area contributed by atoms with Gasteiger partial charge < -0.3 is 4.90 Å². The first-order valence-corrected chi connectivity index (χ1v) is 7.58. The number of carbonyl (C=O) groups is 1. The number of rotatable bonds is 7. The van der Waals surface area contributed by atoms with E-state index in [-0.39, 0.29) is 5.91 Å². The van der Waals surface area contributed by atoms with Crippen LogP contribution in [0.5, 0.6) is 0 Å². The third-order valence-electron chi connectivity index (χ3n) is 3.57. The summed E-state index contributed by atoms with van der Waals surface area (Å²) < 4.78 is 0. The molecule has 20 heavy (non-hydrogen) atoms. The van der Waals surface area contributed by atoms with Gasteiger partial charge in [0.15, 0.2) is 0 Å². The van der Waals surface area contributed by atoms with E-state index in [2.05, 4.69) is 35.8 Å². The zero-order valence-electron chi connectivity index (χ0n) is 12.9. The lowest BCUT2D eigenvalue weighted by atomic mass is 10.2. The van der Waals surface area contributed by atoms with Crippen molar-refractivity contribution in [2.75, 3.05) is 20.1 Å². The summed E-state index contributed by atoms with van der Waals surface area (Å²) in [6, 6.07) is 10.8. The van der Waals surface area contributed by atoms with E-state index in [1.165, 1.54) is 18.4 Å². The Morgan fingerprint density at radius 3 is 2.45 bits per heavy atom. The van der Waals surface area contributed by atoms with Gasteiger partial charge in [-0.2, -0.15) is 0 Å². The number of hydrogen-bond acceptors (Lipinski definition) is 2. The van der Waals surface area contributed by atoms with Crippen molar-refractivity contribution < 1.29 is 4.79 Å². The van der Waals surface area contributed by atoms with Crippen molar-refractivity contribution in [3.63, 3.8) is 0 Å². The van der Waals surface area contributed by atoms with Gasteiger partial charge in [-0.3, -0.25) is 9.69 Å². The van der Waals surface area contributed by atoms with E-state index in [1.54, 1.807) is 0 Å². The van der Waals surface area contributed by atoms with E-state index in [4.69, 9.17) is 0 Å². The van der Waals surface area contributed by atoms with E-state index < -0.39 is 0 Å². The number of amides is 1. The Kier molecular flexibility index (Phi) is 5.18. The number of carbonyl (C=O) groups excluding carboxylic acids is 1. The maximum atomic E-state index is 12.4. The van der Waals surface area contributed by atoms with Crippen LogP contribution in [0.15, 0.2) is 30.3 Å². The topological polar surface area (TPSA) is 23.6 Å². The second-order valence-corrected chi connectivity index (χ2v) is 6.33. The Labute approximate surface area is 122 Å². The average molecular weight is 274 g/mol. The quantitative estimate of drug-likeness (QED) is 0.763. The van der Waals surface area contributed by atoms with Crippen LogP contribution in [-0.2, 0) is 11.3 Å².